The highest BCUT2D eigenvalue weighted by atomic mass is 16.1. The fourth-order valence-electron chi connectivity index (χ4n) is 1.71. The van der Waals surface area contributed by atoms with Crippen molar-refractivity contribution in [2.24, 2.45) is 5.41 Å². The first-order chi connectivity index (χ1) is 8.48. The molecule has 0 radical (unpaired) electrons. The summed E-state index contributed by atoms with van der Waals surface area (Å²) in [4.78, 5) is 11.4. The first-order valence-corrected chi connectivity index (χ1v) is 6.30. The second-order valence-corrected chi connectivity index (χ2v) is 5.22. The maximum atomic E-state index is 11.4. The number of nitrogens with one attached hydrogen (secondary N) is 1. The fourth-order valence-corrected chi connectivity index (χ4v) is 1.71. The molecule has 4 nitrogen and oxygen atoms in total. The number of pyridine rings is 1. The number of aryl methyl sites for hydroxylation is 1. The van der Waals surface area contributed by atoms with Crippen molar-refractivity contribution in [2.75, 3.05) is 11.9 Å². The molecule has 1 rings (SSSR count). The molecule has 1 heterocycles. The number of nitrogens with zero attached hydrogens (tertiary/aromatic N) is 2. The Morgan fingerprint density at radius 1 is 1.44 bits per heavy atom. The molecule has 0 spiro atoms. The Labute approximate surface area is 108 Å². The van der Waals surface area contributed by atoms with E-state index in [4.69, 9.17) is 5.26 Å². The normalized spacial score (nSPS) is 11.0. The molecular formula is C14H21N3O. The highest BCUT2D eigenvalue weighted by Crippen LogP contribution is 2.22. The van der Waals surface area contributed by atoms with Crippen molar-refractivity contribution in [1.29, 1.82) is 5.26 Å². The molecule has 0 amide bonds. The quantitative estimate of drug-likeness (QED) is 0.840. The van der Waals surface area contributed by atoms with Crippen LogP contribution in [0.1, 0.15) is 33.6 Å². The lowest BCUT2D eigenvalue weighted by Gasteiger charge is -2.24. The molecule has 1 N–H and O–H groups in total. The third-order valence-electron chi connectivity index (χ3n) is 3.01. The summed E-state index contributed by atoms with van der Waals surface area (Å²) in [6.07, 6.45) is 3.27. The minimum atomic E-state index is 0.0202. The van der Waals surface area contributed by atoms with Gasteiger partial charge in [-0.05, 0) is 24.8 Å². The second kappa shape index (κ2) is 6.25. The summed E-state index contributed by atoms with van der Waals surface area (Å²) >= 11 is 0. The van der Waals surface area contributed by atoms with E-state index in [1.807, 2.05) is 13.1 Å². The van der Waals surface area contributed by atoms with Crippen LogP contribution >= 0.6 is 0 Å². The van der Waals surface area contributed by atoms with E-state index in [-0.39, 0.29) is 11.0 Å². The fraction of sp³-hybridized carbons (Fsp3) is 0.571. The van der Waals surface area contributed by atoms with Gasteiger partial charge < -0.3 is 9.88 Å². The summed E-state index contributed by atoms with van der Waals surface area (Å²) in [7, 11) is 0. The van der Waals surface area contributed by atoms with Crippen molar-refractivity contribution in [1.82, 2.24) is 4.57 Å². The molecule has 0 fully saturated rings. The molecule has 0 aliphatic carbocycles. The van der Waals surface area contributed by atoms with E-state index in [0.717, 1.165) is 18.7 Å². The topological polar surface area (TPSA) is 57.8 Å². The Kier molecular flexibility index (Phi) is 4.96. The number of hydrogen-bond acceptors (Lipinski definition) is 3. The Hall–Kier alpha value is -1.76. The van der Waals surface area contributed by atoms with E-state index < -0.39 is 0 Å². The lowest BCUT2D eigenvalue weighted by Crippen LogP contribution is -2.24. The van der Waals surface area contributed by atoms with Crippen LogP contribution < -0.4 is 10.9 Å². The molecule has 1 aromatic heterocycles. The van der Waals surface area contributed by atoms with Crippen LogP contribution in [0.4, 0.5) is 5.69 Å². The Balaban J connectivity index is 2.63. The van der Waals surface area contributed by atoms with Gasteiger partial charge in [0.05, 0.1) is 11.8 Å². The SMILES string of the molecule is CCn1cc(NCC(C)(C)CCC#N)ccc1=O. The van der Waals surface area contributed by atoms with Gasteiger partial charge in [0, 0.05) is 31.8 Å². The largest absolute Gasteiger partial charge is 0.383 e. The minimum absolute atomic E-state index is 0.0202. The molecule has 18 heavy (non-hydrogen) atoms. The monoisotopic (exact) mass is 247 g/mol. The molecule has 0 aliphatic rings. The Morgan fingerprint density at radius 2 is 2.17 bits per heavy atom. The molecule has 0 bridgehead atoms. The highest BCUT2D eigenvalue weighted by molar-refractivity contribution is 5.40. The van der Waals surface area contributed by atoms with Crippen LogP contribution in [0.15, 0.2) is 23.1 Å². The van der Waals surface area contributed by atoms with Crippen LogP contribution in [0.3, 0.4) is 0 Å². The van der Waals surface area contributed by atoms with E-state index >= 15 is 0 Å². The number of aromatic nitrogens is 1. The van der Waals surface area contributed by atoms with Gasteiger partial charge in [-0.1, -0.05) is 13.8 Å². The van der Waals surface area contributed by atoms with Crippen LogP contribution in [-0.4, -0.2) is 11.1 Å². The van der Waals surface area contributed by atoms with Crippen LogP contribution in [0.25, 0.3) is 0 Å². The number of anilines is 1. The molecule has 1 aromatic rings. The summed E-state index contributed by atoms with van der Waals surface area (Å²) < 4.78 is 1.67. The van der Waals surface area contributed by atoms with Gasteiger partial charge >= 0.3 is 0 Å². The summed E-state index contributed by atoms with van der Waals surface area (Å²) in [6.45, 7) is 7.67. The van der Waals surface area contributed by atoms with Gasteiger partial charge in [-0.15, -0.1) is 0 Å². The van der Waals surface area contributed by atoms with Crippen molar-refractivity contribution in [3.05, 3.63) is 28.7 Å². The predicted octanol–water partition coefficient (Wildman–Crippen LogP) is 2.61. The summed E-state index contributed by atoms with van der Waals surface area (Å²) in [5.74, 6) is 0. The average molecular weight is 247 g/mol. The van der Waals surface area contributed by atoms with Crippen molar-refractivity contribution in [3.63, 3.8) is 0 Å². The molecule has 0 saturated heterocycles. The molecule has 0 atom stereocenters. The van der Waals surface area contributed by atoms with Crippen molar-refractivity contribution < 1.29 is 0 Å². The summed E-state index contributed by atoms with van der Waals surface area (Å²) in [6, 6.07) is 5.55. The molecule has 0 saturated carbocycles. The summed E-state index contributed by atoms with van der Waals surface area (Å²) in [5.41, 5.74) is 1.04. The van der Waals surface area contributed by atoms with Gasteiger partial charge in [0.1, 0.15) is 0 Å². The van der Waals surface area contributed by atoms with Crippen LogP contribution in [0.2, 0.25) is 0 Å². The molecule has 0 unspecified atom stereocenters. The minimum Gasteiger partial charge on any atom is -0.383 e. The van der Waals surface area contributed by atoms with Gasteiger partial charge in [0.15, 0.2) is 0 Å². The first-order valence-electron chi connectivity index (χ1n) is 6.30. The van der Waals surface area contributed by atoms with Crippen LogP contribution in [0, 0.1) is 16.7 Å². The second-order valence-electron chi connectivity index (χ2n) is 5.22. The third-order valence-corrected chi connectivity index (χ3v) is 3.01. The van der Waals surface area contributed by atoms with Crippen LogP contribution in [0.5, 0.6) is 0 Å². The third kappa shape index (κ3) is 4.25. The maximum absolute atomic E-state index is 11.4. The Morgan fingerprint density at radius 3 is 2.78 bits per heavy atom. The molecule has 4 heteroatoms. The van der Waals surface area contributed by atoms with Crippen LogP contribution in [-0.2, 0) is 6.54 Å². The zero-order chi connectivity index (χ0) is 13.6. The van der Waals surface area contributed by atoms with E-state index in [9.17, 15) is 4.79 Å². The number of rotatable bonds is 6. The van der Waals surface area contributed by atoms with Gasteiger partial charge in [0.2, 0.25) is 0 Å². The maximum Gasteiger partial charge on any atom is 0.250 e. The van der Waals surface area contributed by atoms with E-state index in [2.05, 4.69) is 25.2 Å². The van der Waals surface area contributed by atoms with Gasteiger partial charge in [-0.2, -0.15) is 5.26 Å². The van der Waals surface area contributed by atoms with Crippen molar-refractivity contribution in [2.45, 2.75) is 40.2 Å². The average Bonchev–Trinajstić information content (AvgIpc) is 2.35. The summed E-state index contributed by atoms with van der Waals surface area (Å²) in [5, 5.41) is 11.9. The zero-order valence-electron chi connectivity index (χ0n) is 11.4. The van der Waals surface area contributed by atoms with Gasteiger partial charge in [-0.3, -0.25) is 4.79 Å². The highest BCUT2D eigenvalue weighted by Gasteiger charge is 2.17. The number of hydrogen-bond donors (Lipinski definition) is 1. The molecule has 98 valence electrons. The lowest BCUT2D eigenvalue weighted by atomic mass is 9.88. The Bertz CT molecular complexity index is 483. The van der Waals surface area contributed by atoms with E-state index in [1.54, 1.807) is 16.7 Å². The van der Waals surface area contributed by atoms with E-state index in [1.165, 1.54) is 0 Å². The van der Waals surface area contributed by atoms with E-state index in [0.29, 0.717) is 13.0 Å². The lowest BCUT2D eigenvalue weighted by molar-refractivity contribution is 0.363. The first kappa shape index (κ1) is 14.3. The molecular weight excluding hydrogens is 226 g/mol. The molecule has 0 aromatic carbocycles. The zero-order valence-corrected chi connectivity index (χ0v) is 11.4. The van der Waals surface area contributed by atoms with Crippen molar-refractivity contribution >= 4 is 5.69 Å². The smallest absolute Gasteiger partial charge is 0.250 e. The van der Waals surface area contributed by atoms with Gasteiger partial charge in [0.25, 0.3) is 5.56 Å². The standard InChI is InChI=1S/C14H21N3O/c1-4-17-10-12(6-7-13(17)18)16-11-14(2,3)8-5-9-15/h6-7,10,16H,4-5,8,11H2,1-3H3. The number of nitriles is 1. The van der Waals surface area contributed by atoms with Crippen molar-refractivity contribution in [3.8, 4) is 6.07 Å². The van der Waals surface area contributed by atoms with Gasteiger partial charge in [-0.25, -0.2) is 0 Å². The molecule has 0 aliphatic heterocycles. The predicted molar refractivity (Wildman–Crippen MR) is 73.5 cm³/mol.